The van der Waals surface area contributed by atoms with E-state index >= 15 is 0 Å². The molecule has 0 aliphatic carbocycles. The second-order valence-electron chi connectivity index (χ2n) is 5.76. The lowest BCUT2D eigenvalue weighted by molar-refractivity contribution is 0.304. The molecule has 0 radical (unpaired) electrons. The Balaban J connectivity index is 1.80. The van der Waals surface area contributed by atoms with Crippen LogP contribution in [0.2, 0.25) is 0 Å². The van der Waals surface area contributed by atoms with E-state index in [0.717, 1.165) is 10.4 Å². The van der Waals surface area contributed by atoms with Crippen molar-refractivity contribution in [2.75, 3.05) is 31.4 Å². The number of aliphatic hydroxyl groups is 1. The molecule has 0 aliphatic rings. The molecule has 1 N–H and O–H groups in total. The first-order chi connectivity index (χ1) is 12.4. The number of anilines is 1. The number of hydrogen-bond donors (Lipinski definition) is 1. The van der Waals surface area contributed by atoms with Crippen LogP contribution in [0.4, 0.5) is 16.5 Å². The van der Waals surface area contributed by atoms with E-state index in [1.807, 2.05) is 36.2 Å². The zero-order valence-electron chi connectivity index (χ0n) is 14.3. The molecule has 0 spiro atoms. The van der Waals surface area contributed by atoms with Crippen LogP contribution >= 0.6 is 11.3 Å². The van der Waals surface area contributed by atoms with Crippen molar-refractivity contribution in [2.45, 2.75) is 4.90 Å². The topological polar surface area (TPSA) is 95.2 Å². The highest BCUT2D eigenvalue weighted by atomic mass is 32.2. The highest BCUT2D eigenvalue weighted by Crippen LogP contribution is 2.31. The van der Waals surface area contributed by atoms with E-state index in [4.69, 9.17) is 5.11 Å². The summed E-state index contributed by atoms with van der Waals surface area (Å²) in [6.45, 7) is 0.651. The Morgan fingerprint density at radius 2 is 1.88 bits per heavy atom. The smallest absolute Gasteiger partial charge is 0.231 e. The monoisotopic (exact) mass is 390 g/mol. The zero-order valence-corrected chi connectivity index (χ0v) is 16.0. The quantitative estimate of drug-likeness (QED) is 0.650. The number of fused-ring (bicyclic) bond motifs is 1. The summed E-state index contributed by atoms with van der Waals surface area (Å²) in [6, 6.07) is 12.3. The van der Waals surface area contributed by atoms with Gasteiger partial charge in [0.25, 0.3) is 0 Å². The van der Waals surface area contributed by atoms with Gasteiger partial charge in [-0.05, 0) is 42.5 Å². The molecule has 3 rings (SSSR count). The summed E-state index contributed by atoms with van der Waals surface area (Å²) >= 11 is 1.35. The second-order valence-corrected chi connectivity index (χ2v) is 8.78. The number of benzene rings is 2. The lowest BCUT2D eigenvalue weighted by Gasteiger charge is -2.17. The molecule has 1 heterocycles. The van der Waals surface area contributed by atoms with Gasteiger partial charge in [0.05, 0.1) is 27.4 Å². The predicted molar refractivity (Wildman–Crippen MR) is 104 cm³/mol. The Labute approximate surface area is 155 Å². The highest BCUT2D eigenvalue weighted by Gasteiger charge is 2.10. The van der Waals surface area contributed by atoms with Gasteiger partial charge in [-0.15, -0.1) is 10.2 Å². The molecule has 0 aliphatic heterocycles. The predicted octanol–water partition coefficient (Wildman–Crippen LogP) is 3.54. The Hall–Kier alpha value is -2.36. The van der Waals surface area contributed by atoms with Crippen LogP contribution in [0.3, 0.4) is 0 Å². The van der Waals surface area contributed by atoms with E-state index < -0.39 is 9.84 Å². The average Bonchev–Trinajstić information content (AvgIpc) is 3.02. The number of nitrogens with zero attached hydrogens (tertiary/aromatic N) is 4. The van der Waals surface area contributed by atoms with Crippen LogP contribution in [0.5, 0.6) is 0 Å². The van der Waals surface area contributed by atoms with E-state index in [9.17, 15) is 8.42 Å². The summed E-state index contributed by atoms with van der Waals surface area (Å²) in [6.07, 6.45) is 1.17. The van der Waals surface area contributed by atoms with Crippen molar-refractivity contribution in [3.8, 4) is 0 Å². The average molecular weight is 390 g/mol. The molecule has 136 valence electrons. The third-order valence-corrected chi connectivity index (χ3v) is 5.78. The first-order valence-electron chi connectivity index (χ1n) is 7.81. The van der Waals surface area contributed by atoms with Gasteiger partial charge in [0, 0.05) is 25.5 Å². The Morgan fingerprint density at radius 3 is 2.54 bits per heavy atom. The minimum Gasteiger partial charge on any atom is -0.395 e. The van der Waals surface area contributed by atoms with E-state index in [1.165, 1.54) is 17.6 Å². The fourth-order valence-corrected chi connectivity index (χ4v) is 3.73. The Bertz CT molecular complexity index is 1040. The van der Waals surface area contributed by atoms with Gasteiger partial charge in [-0.3, -0.25) is 0 Å². The van der Waals surface area contributed by atoms with E-state index in [-0.39, 0.29) is 11.5 Å². The Morgan fingerprint density at radius 1 is 1.15 bits per heavy atom. The van der Waals surface area contributed by atoms with Crippen molar-refractivity contribution >= 4 is 47.9 Å². The third kappa shape index (κ3) is 4.24. The number of likely N-dealkylation sites (N-methyl/N-ethyl adjacent to an activating group) is 1. The van der Waals surface area contributed by atoms with E-state index in [2.05, 4.69) is 15.2 Å². The number of aromatic nitrogens is 1. The normalized spacial score (nSPS) is 12.1. The molecule has 0 amide bonds. The number of rotatable bonds is 6. The summed E-state index contributed by atoms with van der Waals surface area (Å²) in [5, 5.41) is 17.8. The molecule has 3 aromatic rings. The Kier molecular flexibility index (Phi) is 5.30. The van der Waals surface area contributed by atoms with Crippen molar-refractivity contribution in [1.82, 2.24) is 4.98 Å². The maximum absolute atomic E-state index is 11.6. The van der Waals surface area contributed by atoms with E-state index in [1.54, 1.807) is 18.2 Å². The van der Waals surface area contributed by atoms with Crippen molar-refractivity contribution in [3.63, 3.8) is 0 Å². The van der Waals surface area contributed by atoms with Crippen molar-refractivity contribution in [2.24, 2.45) is 10.2 Å². The molecule has 0 bridgehead atoms. The first kappa shape index (κ1) is 18.4. The molecule has 1 aromatic heterocycles. The molecule has 0 unspecified atom stereocenters. The standard InChI is InChI=1S/C17H18N4O3S2/c1-21(9-10-22)13-5-3-12(4-6-13)19-20-17-18-15-11-14(26(2,23)24)7-8-16(15)25-17/h3-8,11,22H,9-10H2,1-2H3. The minimum atomic E-state index is -3.26. The summed E-state index contributed by atoms with van der Waals surface area (Å²) < 4.78 is 24.1. The summed E-state index contributed by atoms with van der Waals surface area (Å²) in [4.78, 5) is 6.51. The second kappa shape index (κ2) is 7.48. The maximum Gasteiger partial charge on any atom is 0.231 e. The molecule has 26 heavy (non-hydrogen) atoms. The van der Waals surface area contributed by atoms with Crippen LogP contribution in [-0.2, 0) is 9.84 Å². The molecule has 7 nitrogen and oxygen atoms in total. The largest absolute Gasteiger partial charge is 0.395 e. The van der Waals surface area contributed by atoms with Crippen LogP contribution in [0.1, 0.15) is 0 Å². The maximum atomic E-state index is 11.6. The van der Waals surface area contributed by atoms with Crippen molar-refractivity contribution in [1.29, 1.82) is 0 Å². The number of thiazole rings is 1. The van der Waals surface area contributed by atoms with Gasteiger partial charge in [0.15, 0.2) is 9.84 Å². The van der Waals surface area contributed by atoms with Gasteiger partial charge in [0.2, 0.25) is 5.13 Å². The SMILES string of the molecule is CN(CCO)c1ccc(N=Nc2nc3cc(S(C)(=O)=O)ccc3s2)cc1. The molecule has 0 fully saturated rings. The lowest BCUT2D eigenvalue weighted by Crippen LogP contribution is -2.20. The van der Waals surface area contributed by atoms with Crippen LogP contribution in [0, 0.1) is 0 Å². The minimum absolute atomic E-state index is 0.0939. The molecular formula is C17H18N4O3S2. The zero-order chi connectivity index (χ0) is 18.7. The van der Waals surface area contributed by atoms with Gasteiger partial charge in [-0.1, -0.05) is 11.3 Å². The summed E-state index contributed by atoms with van der Waals surface area (Å²) in [5.74, 6) is 0. The van der Waals surface area contributed by atoms with Gasteiger partial charge in [-0.25, -0.2) is 13.4 Å². The molecular weight excluding hydrogens is 372 g/mol. The summed E-state index contributed by atoms with van der Waals surface area (Å²) in [5.41, 5.74) is 2.25. The molecule has 9 heteroatoms. The number of aliphatic hydroxyl groups excluding tert-OH is 1. The van der Waals surface area contributed by atoms with Gasteiger partial charge < -0.3 is 10.0 Å². The lowest BCUT2D eigenvalue weighted by atomic mass is 10.2. The van der Waals surface area contributed by atoms with E-state index in [0.29, 0.717) is 22.9 Å². The molecule has 0 saturated heterocycles. The van der Waals surface area contributed by atoms with Gasteiger partial charge in [-0.2, -0.15) is 0 Å². The molecule has 0 atom stereocenters. The van der Waals surface area contributed by atoms with Crippen LogP contribution in [0.25, 0.3) is 10.2 Å². The first-order valence-corrected chi connectivity index (χ1v) is 10.5. The van der Waals surface area contributed by atoms with Gasteiger partial charge in [0.1, 0.15) is 0 Å². The molecule has 2 aromatic carbocycles. The van der Waals surface area contributed by atoms with Crippen LogP contribution in [0.15, 0.2) is 57.6 Å². The van der Waals surface area contributed by atoms with Crippen LogP contribution < -0.4 is 4.90 Å². The number of azo groups is 1. The van der Waals surface area contributed by atoms with Gasteiger partial charge >= 0.3 is 0 Å². The third-order valence-electron chi connectivity index (χ3n) is 3.75. The summed E-state index contributed by atoms with van der Waals surface area (Å²) in [7, 11) is -1.36. The fraction of sp³-hybridized carbons (Fsp3) is 0.235. The van der Waals surface area contributed by atoms with Crippen molar-refractivity contribution < 1.29 is 13.5 Å². The van der Waals surface area contributed by atoms with Crippen molar-refractivity contribution in [3.05, 3.63) is 42.5 Å². The highest BCUT2D eigenvalue weighted by molar-refractivity contribution is 7.90. The van der Waals surface area contributed by atoms with Crippen LogP contribution in [-0.4, -0.2) is 45.0 Å². The molecule has 0 saturated carbocycles. The fourth-order valence-electron chi connectivity index (χ4n) is 2.32. The number of hydrogen-bond acceptors (Lipinski definition) is 8. The number of sulfone groups is 1.